The zero-order valence-corrected chi connectivity index (χ0v) is 19.9. The number of piperazine rings is 1. The van der Waals surface area contributed by atoms with E-state index in [-0.39, 0.29) is 41.5 Å². The number of anilines is 1. The fourth-order valence-corrected chi connectivity index (χ4v) is 3.34. The van der Waals surface area contributed by atoms with Crippen LogP contribution in [0.15, 0.2) is 53.5 Å². The van der Waals surface area contributed by atoms with Crippen LogP contribution in [-0.2, 0) is 0 Å². The van der Waals surface area contributed by atoms with Crippen molar-refractivity contribution < 1.29 is 14.3 Å². The number of halogens is 2. The number of aromatic hydroxyl groups is 1. The second-order valence-corrected chi connectivity index (χ2v) is 6.96. The van der Waals surface area contributed by atoms with E-state index in [1.807, 2.05) is 17.9 Å². The van der Waals surface area contributed by atoms with Gasteiger partial charge in [-0.3, -0.25) is 9.79 Å². The smallest absolute Gasteiger partial charge is 0.251 e. The van der Waals surface area contributed by atoms with E-state index in [2.05, 4.69) is 20.5 Å². The van der Waals surface area contributed by atoms with Gasteiger partial charge >= 0.3 is 0 Å². The van der Waals surface area contributed by atoms with E-state index in [4.69, 9.17) is 0 Å². The first kappa shape index (κ1) is 24.7. The summed E-state index contributed by atoms with van der Waals surface area (Å²) in [6, 6.07) is 13.0. The monoisotopic (exact) mass is 541 g/mol. The van der Waals surface area contributed by atoms with Crippen LogP contribution in [0.1, 0.15) is 17.3 Å². The van der Waals surface area contributed by atoms with Crippen molar-refractivity contribution in [1.29, 1.82) is 0 Å². The summed E-state index contributed by atoms with van der Waals surface area (Å²) in [6.07, 6.45) is 0. The summed E-state index contributed by atoms with van der Waals surface area (Å²) in [4.78, 5) is 20.9. The van der Waals surface area contributed by atoms with Crippen LogP contribution in [0.3, 0.4) is 0 Å². The van der Waals surface area contributed by atoms with Gasteiger partial charge in [-0.1, -0.05) is 12.1 Å². The van der Waals surface area contributed by atoms with Gasteiger partial charge in [-0.15, -0.1) is 24.0 Å². The summed E-state index contributed by atoms with van der Waals surface area (Å²) >= 11 is 0. The molecule has 1 aliphatic rings. The number of carbonyl (C=O) groups excluding carboxylic acids is 1. The quantitative estimate of drug-likeness (QED) is 0.227. The molecular weight excluding hydrogens is 512 g/mol. The molecule has 1 amide bonds. The zero-order valence-electron chi connectivity index (χ0n) is 17.6. The topological polar surface area (TPSA) is 80.2 Å². The lowest BCUT2D eigenvalue weighted by molar-refractivity contribution is 0.0954. The van der Waals surface area contributed by atoms with Crippen molar-refractivity contribution in [3.05, 3.63) is 59.9 Å². The van der Waals surface area contributed by atoms with Gasteiger partial charge < -0.3 is 25.5 Å². The maximum atomic E-state index is 14.0. The Hall–Kier alpha value is -2.56. The zero-order chi connectivity index (χ0) is 21.3. The molecule has 168 valence electrons. The summed E-state index contributed by atoms with van der Waals surface area (Å²) in [6.45, 7) is 6.50. The average Bonchev–Trinajstić information content (AvgIpc) is 2.77. The fourth-order valence-electron chi connectivity index (χ4n) is 3.34. The number of phenolic OH excluding ortho intramolecular Hbond substituents is 1. The number of nitrogens with one attached hydrogen (secondary N) is 2. The maximum Gasteiger partial charge on any atom is 0.251 e. The van der Waals surface area contributed by atoms with Crippen molar-refractivity contribution in [1.82, 2.24) is 15.5 Å². The molecule has 0 radical (unpaired) electrons. The SMILES string of the molecule is CCNC(=NCCNC(=O)c1ccc(O)cc1)N1CCN(c2ccccc2F)CC1.I. The van der Waals surface area contributed by atoms with Crippen LogP contribution in [0.4, 0.5) is 10.1 Å². The van der Waals surface area contributed by atoms with Crippen LogP contribution >= 0.6 is 24.0 Å². The van der Waals surface area contributed by atoms with E-state index in [9.17, 15) is 14.3 Å². The van der Waals surface area contributed by atoms with E-state index in [1.165, 1.54) is 18.2 Å². The number of carbonyl (C=O) groups is 1. The summed E-state index contributed by atoms with van der Waals surface area (Å²) in [5.41, 5.74) is 1.13. The second-order valence-electron chi connectivity index (χ2n) is 6.96. The van der Waals surface area contributed by atoms with Crippen LogP contribution in [0.2, 0.25) is 0 Å². The third kappa shape index (κ3) is 6.98. The highest BCUT2D eigenvalue weighted by molar-refractivity contribution is 14.0. The molecule has 0 aromatic heterocycles. The van der Waals surface area contributed by atoms with Crippen molar-refractivity contribution in [3.63, 3.8) is 0 Å². The first-order chi connectivity index (χ1) is 14.6. The van der Waals surface area contributed by atoms with Crippen LogP contribution in [0, 0.1) is 5.82 Å². The van der Waals surface area contributed by atoms with Gasteiger partial charge in [0.05, 0.1) is 12.2 Å². The summed E-state index contributed by atoms with van der Waals surface area (Å²) < 4.78 is 14.0. The van der Waals surface area contributed by atoms with Gasteiger partial charge in [-0.2, -0.15) is 0 Å². The maximum absolute atomic E-state index is 14.0. The normalized spacial score (nSPS) is 14.1. The Morgan fingerprint density at radius 2 is 1.74 bits per heavy atom. The van der Waals surface area contributed by atoms with Gasteiger partial charge in [0.15, 0.2) is 5.96 Å². The number of rotatable bonds is 6. The number of hydrogen-bond acceptors (Lipinski definition) is 4. The van der Waals surface area contributed by atoms with Gasteiger partial charge in [0.25, 0.3) is 5.91 Å². The number of phenols is 1. The van der Waals surface area contributed by atoms with Crippen molar-refractivity contribution in [2.45, 2.75) is 6.92 Å². The third-order valence-corrected chi connectivity index (χ3v) is 4.90. The van der Waals surface area contributed by atoms with Gasteiger partial charge in [-0.05, 0) is 43.3 Å². The molecule has 0 aliphatic carbocycles. The average molecular weight is 541 g/mol. The third-order valence-electron chi connectivity index (χ3n) is 4.90. The minimum atomic E-state index is -0.200. The number of aliphatic imine (C=N–C) groups is 1. The van der Waals surface area contributed by atoms with Gasteiger partial charge in [0, 0.05) is 44.8 Å². The number of para-hydroxylation sites is 1. The molecule has 0 unspecified atom stereocenters. The summed E-state index contributed by atoms with van der Waals surface area (Å²) in [5.74, 6) is 0.524. The Kier molecular flexibility index (Phi) is 9.83. The number of hydrogen-bond donors (Lipinski definition) is 3. The molecule has 0 saturated carbocycles. The molecule has 31 heavy (non-hydrogen) atoms. The molecule has 7 nitrogen and oxygen atoms in total. The Labute approximate surface area is 199 Å². The number of amides is 1. The molecule has 0 spiro atoms. The van der Waals surface area contributed by atoms with Gasteiger partial charge in [0.1, 0.15) is 11.6 Å². The second kappa shape index (κ2) is 12.3. The molecule has 2 aromatic rings. The number of nitrogens with zero attached hydrogens (tertiary/aromatic N) is 3. The first-order valence-electron chi connectivity index (χ1n) is 10.2. The molecule has 1 aliphatic heterocycles. The Morgan fingerprint density at radius 1 is 1.06 bits per heavy atom. The largest absolute Gasteiger partial charge is 0.508 e. The van der Waals surface area contributed by atoms with Crippen LogP contribution < -0.4 is 15.5 Å². The molecule has 2 aromatic carbocycles. The minimum absolute atomic E-state index is 0. The van der Waals surface area contributed by atoms with Gasteiger partial charge in [0.2, 0.25) is 0 Å². The van der Waals surface area contributed by atoms with Gasteiger partial charge in [-0.25, -0.2) is 4.39 Å². The molecule has 9 heteroatoms. The van der Waals surface area contributed by atoms with E-state index >= 15 is 0 Å². The van der Waals surface area contributed by atoms with Crippen LogP contribution in [-0.4, -0.2) is 67.7 Å². The Morgan fingerprint density at radius 3 is 2.39 bits per heavy atom. The lowest BCUT2D eigenvalue weighted by Crippen LogP contribution is -2.52. The fraction of sp³-hybridized carbons (Fsp3) is 0.364. The van der Waals surface area contributed by atoms with E-state index in [1.54, 1.807) is 24.3 Å². The highest BCUT2D eigenvalue weighted by Gasteiger charge is 2.21. The molecule has 3 N–H and O–H groups in total. The molecule has 3 rings (SSSR count). The molecule has 0 bridgehead atoms. The lowest BCUT2D eigenvalue weighted by Gasteiger charge is -2.37. The molecule has 0 atom stereocenters. The number of benzene rings is 2. The minimum Gasteiger partial charge on any atom is -0.508 e. The molecule has 1 fully saturated rings. The molecular formula is C22H29FIN5O2. The Bertz CT molecular complexity index is 870. The standard InChI is InChI=1S/C22H28FN5O2.HI/c1-2-24-22(26-12-11-25-21(30)17-7-9-18(29)10-8-17)28-15-13-27(14-16-28)20-6-4-3-5-19(20)23;/h3-10,29H,2,11-16H2,1H3,(H,24,26)(H,25,30);1H. The highest BCUT2D eigenvalue weighted by Crippen LogP contribution is 2.20. The van der Waals surface area contributed by atoms with Crippen LogP contribution in [0.25, 0.3) is 0 Å². The predicted octanol–water partition coefficient (Wildman–Crippen LogP) is 2.67. The van der Waals surface area contributed by atoms with E-state index < -0.39 is 0 Å². The summed E-state index contributed by atoms with van der Waals surface area (Å²) in [7, 11) is 0. The van der Waals surface area contributed by atoms with Crippen molar-refractivity contribution in [2.75, 3.05) is 50.7 Å². The van der Waals surface area contributed by atoms with Crippen molar-refractivity contribution in [2.24, 2.45) is 4.99 Å². The highest BCUT2D eigenvalue weighted by atomic mass is 127. The van der Waals surface area contributed by atoms with Crippen molar-refractivity contribution >= 4 is 41.5 Å². The van der Waals surface area contributed by atoms with E-state index in [0.717, 1.165) is 25.6 Å². The molecule has 1 saturated heterocycles. The Balaban J connectivity index is 0.00000341. The van der Waals surface area contributed by atoms with E-state index in [0.29, 0.717) is 37.4 Å². The lowest BCUT2D eigenvalue weighted by atomic mass is 10.2. The molecule has 1 heterocycles. The first-order valence-corrected chi connectivity index (χ1v) is 10.2. The predicted molar refractivity (Wildman–Crippen MR) is 132 cm³/mol. The van der Waals surface area contributed by atoms with Crippen molar-refractivity contribution in [3.8, 4) is 5.75 Å². The summed E-state index contributed by atoms with van der Waals surface area (Å²) in [5, 5.41) is 15.4. The number of guanidine groups is 1. The van der Waals surface area contributed by atoms with Crippen LogP contribution in [0.5, 0.6) is 5.75 Å².